The molecular formula is C23H25N3O. The fourth-order valence-electron chi connectivity index (χ4n) is 4.71. The summed E-state index contributed by atoms with van der Waals surface area (Å²) in [5.41, 5.74) is 4.80. The predicted octanol–water partition coefficient (Wildman–Crippen LogP) is 3.53. The minimum absolute atomic E-state index is 0.0414. The molecule has 1 aliphatic carbocycles. The molecule has 0 unspecified atom stereocenters. The van der Waals surface area contributed by atoms with Gasteiger partial charge in [-0.25, -0.2) is 0 Å². The number of aromatic amines is 1. The number of nitrogens with one attached hydrogen (secondary N) is 2. The van der Waals surface area contributed by atoms with Gasteiger partial charge in [0.2, 0.25) is 0 Å². The standard InChI is InChI=1S/C23H25N3O/c27-23(19-7-8-22-18(12-19)9-10-24-22)25-20-6-3-11-26(15-20)21-13-16-4-1-2-5-17(16)14-21/h1-2,4-5,7-10,12,20-21,24H,3,6,11,13-15H2,(H,25,27)/t20-/m1/s1. The highest BCUT2D eigenvalue weighted by Crippen LogP contribution is 2.27. The SMILES string of the molecule is O=C(N[C@@H]1CCCN(C2Cc3ccccc3C2)C1)c1ccc2[nH]ccc2c1. The lowest BCUT2D eigenvalue weighted by atomic mass is 10.0. The molecule has 2 N–H and O–H groups in total. The van der Waals surface area contributed by atoms with Crippen LogP contribution in [-0.4, -0.2) is 41.0 Å². The van der Waals surface area contributed by atoms with E-state index >= 15 is 0 Å². The van der Waals surface area contributed by atoms with Crippen molar-refractivity contribution in [3.8, 4) is 0 Å². The molecule has 0 saturated carbocycles. The fourth-order valence-corrected chi connectivity index (χ4v) is 4.71. The molecule has 27 heavy (non-hydrogen) atoms. The van der Waals surface area contributed by atoms with Crippen molar-refractivity contribution in [2.75, 3.05) is 13.1 Å². The molecule has 4 nitrogen and oxygen atoms in total. The lowest BCUT2D eigenvalue weighted by Crippen LogP contribution is -2.51. The van der Waals surface area contributed by atoms with Crippen LogP contribution in [0.1, 0.15) is 34.3 Å². The third-order valence-electron chi connectivity index (χ3n) is 6.15. The first kappa shape index (κ1) is 16.6. The summed E-state index contributed by atoms with van der Waals surface area (Å²) in [5.74, 6) is 0.0414. The zero-order chi connectivity index (χ0) is 18.2. The topological polar surface area (TPSA) is 48.1 Å². The highest BCUT2D eigenvalue weighted by molar-refractivity contribution is 5.98. The van der Waals surface area contributed by atoms with Crippen molar-refractivity contribution in [3.63, 3.8) is 0 Å². The number of benzene rings is 2. The Kier molecular flexibility index (Phi) is 4.21. The van der Waals surface area contributed by atoms with Crippen LogP contribution in [0.2, 0.25) is 0 Å². The maximum absolute atomic E-state index is 12.7. The smallest absolute Gasteiger partial charge is 0.251 e. The van der Waals surface area contributed by atoms with Gasteiger partial charge in [0, 0.05) is 41.3 Å². The summed E-state index contributed by atoms with van der Waals surface area (Å²) >= 11 is 0. The average molecular weight is 359 g/mol. The molecule has 4 heteroatoms. The van der Waals surface area contributed by atoms with Gasteiger partial charge in [0.1, 0.15) is 0 Å². The van der Waals surface area contributed by atoms with Gasteiger partial charge in [-0.15, -0.1) is 0 Å². The first-order valence-electron chi connectivity index (χ1n) is 9.95. The number of carbonyl (C=O) groups excluding carboxylic acids is 1. The summed E-state index contributed by atoms with van der Waals surface area (Å²) in [6.45, 7) is 2.09. The Morgan fingerprint density at radius 2 is 1.89 bits per heavy atom. The second-order valence-corrected chi connectivity index (χ2v) is 7.92. The van der Waals surface area contributed by atoms with Crippen LogP contribution in [0.15, 0.2) is 54.7 Å². The van der Waals surface area contributed by atoms with Gasteiger partial charge in [0.25, 0.3) is 5.91 Å². The second-order valence-electron chi connectivity index (χ2n) is 7.92. The number of carbonyl (C=O) groups is 1. The van der Waals surface area contributed by atoms with Crippen molar-refractivity contribution in [3.05, 3.63) is 71.4 Å². The third-order valence-corrected chi connectivity index (χ3v) is 6.15. The minimum atomic E-state index is 0.0414. The van der Waals surface area contributed by atoms with Gasteiger partial charge in [-0.3, -0.25) is 9.69 Å². The molecule has 0 spiro atoms. The van der Waals surface area contributed by atoms with E-state index in [1.165, 1.54) is 11.1 Å². The van der Waals surface area contributed by atoms with Gasteiger partial charge in [-0.2, -0.15) is 0 Å². The van der Waals surface area contributed by atoms with Gasteiger partial charge in [0.15, 0.2) is 0 Å². The summed E-state index contributed by atoms with van der Waals surface area (Å²) in [5, 5.41) is 4.36. The summed E-state index contributed by atoms with van der Waals surface area (Å²) in [7, 11) is 0. The van der Waals surface area contributed by atoms with Gasteiger partial charge >= 0.3 is 0 Å². The molecule has 1 aromatic heterocycles. The molecule has 1 fully saturated rings. The third kappa shape index (κ3) is 3.26. The molecule has 2 aliphatic rings. The second kappa shape index (κ2) is 6.86. The number of rotatable bonds is 3. The Morgan fingerprint density at radius 3 is 2.70 bits per heavy atom. The van der Waals surface area contributed by atoms with Crippen LogP contribution in [0.4, 0.5) is 0 Å². The maximum atomic E-state index is 12.7. The highest BCUT2D eigenvalue weighted by Gasteiger charge is 2.30. The van der Waals surface area contributed by atoms with Crippen LogP contribution in [0.5, 0.6) is 0 Å². The Hall–Kier alpha value is -2.59. The number of hydrogen-bond acceptors (Lipinski definition) is 2. The first-order valence-corrected chi connectivity index (χ1v) is 9.95. The van der Waals surface area contributed by atoms with Crippen molar-refractivity contribution in [2.24, 2.45) is 0 Å². The van der Waals surface area contributed by atoms with E-state index < -0.39 is 0 Å². The molecule has 5 rings (SSSR count). The van der Waals surface area contributed by atoms with E-state index in [0.29, 0.717) is 6.04 Å². The monoisotopic (exact) mass is 359 g/mol. The summed E-state index contributed by atoms with van der Waals surface area (Å²) in [6, 6.07) is 17.5. The van der Waals surface area contributed by atoms with Gasteiger partial charge in [-0.05, 0) is 67.6 Å². The van der Waals surface area contributed by atoms with Gasteiger partial charge < -0.3 is 10.3 Å². The number of likely N-dealkylation sites (tertiary alicyclic amines) is 1. The molecule has 1 saturated heterocycles. The van der Waals surface area contributed by atoms with Crippen LogP contribution in [0, 0.1) is 0 Å². The average Bonchev–Trinajstić information content (AvgIpc) is 3.34. The largest absolute Gasteiger partial charge is 0.361 e. The van der Waals surface area contributed by atoms with Crippen molar-refractivity contribution in [2.45, 2.75) is 37.8 Å². The minimum Gasteiger partial charge on any atom is -0.361 e. The van der Waals surface area contributed by atoms with Crippen LogP contribution < -0.4 is 5.32 Å². The van der Waals surface area contributed by atoms with Crippen molar-refractivity contribution in [1.82, 2.24) is 15.2 Å². The zero-order valence-electron chi connectivity index (χ0n) is 15.4. The van der Waals surface area contributed by atoms with E-state index in [1.807, 2.05) is 30.5 Å². The number of nitrogens with zero attached hydrogens (tertiary/aromatic N) is 1. The lowest BCUT2D eigenvalue weighted by molar-refractivity contribution is 0.0876. The Balaban J connectivity index is 1.24. The fraction of sp³-hybridized carbons (Fsp3) is 0.348. The molecule has 2 aromatic carbocycles. The van der Waals surface area contributed by atoms with Crippen LogP contribution in [0.3, 0.4) is 0 Å². The van der Waals surface area contributed by atoms with Crippen molar-refractivity contribution < 1.29 is 4.79 Å². The van der Waals surface area contributed by atoms with Gasteiger partial charge in [0.05, 0.1) is 0 Å². The number of hydrogen-bond donors (Lipinski definition) is 2. The highest BCUT2D eigenvalue weighted by atomic mass is 16.1. The number of fused-ring (bicyclic) bond motifs is 2. The Morgan fingerprint density at radius 1 is 1.07 bits per heavy atom. The first-order chi connectivity index (χ1) is 13.3. The van der Waals surface area contributed by atoms with Crippen molar-refractivity contribution in [1.29, 1.82) is 0 Å². The van der Waals surface area contributed by atoms with E-state index in [4.69, 9.17) is 0 Å². The normalized spacial score (nSPS) is 20.7. The quantitative estimate of drug-likeness (QED) is 0.752. The van der Waals surface area contributed by atoms with Crippen molar-refractivity contribution >= 4 is 16.8 Å². The molecule has 3 aromatic rings. The zero-order valence-corrected chi connectivity index (χ0v) is 15.4. The predicted molar refractivity (Wildman–Crippen MR) is 108 cm³/mol. The van der Waals surface area contributed by atoms with E-state index in [-0.39, 0.29) is 11.9 Å². The van der Waals surface area contributed by atoms with Crippen LogP contribution in [0.25, 0.3) is 10.9 Å². The molecule has 1 atom stereocenters. The van der Waals surface area contributed by atoms with Crippen LogP contribution >= 0.6 is 0 Å². The molecule has 138 valence electrons. The number of aromatic nitrogens is 1. The molecule has 0 radical (unpaired) electrons. The number of piperidine rings is 1. The summed E-state index contributed by atoms with van der Waals surface area (Å²) < 4.78 is 0. The Bertz CT molecular complexity index is 951. The van der Waals surface area contributed by atoms with E-state index in [1.54, 1.807) is 0 Å². The lowest BCUT2D eigenvalue weighted by Gasteiger charge is -2.37. The summed E-state index contributed by atoms with van der Waals surface area (Å²) in [6.07, 6.45) is 6.40. The summed E-state index contributed by atoms with van der Waals surface area (Å²) in [4.78, 5) is 18.5. The van der Waals surface area contributed by atoms with Crippen LogP contribution in [-0.2, 0) is 12.8 Å². The Labute approximate surface area is 159 Å². The maximum Gasteiger partial charge on any atom is 0.251 e. The van der Waals surface area contributed by atoms with Gasteiger partial charge in [-0.1, -0.05) is 24.3 Å². The molecule has 1 amide bonds. The van der Waals surface area contributed by atoms with E-state index in [9.17, 15) is 4.79 Å². The van der Waals surface area contributed by atoms with E-state index in [2.05, 4.69) is 39.5 Å². The number of amides is 1. The number of H-pyrrole nitrogens is 1. The molecule has 0 bridgehead atoms. The molecular weight excluding hydrogens is 334 g/mol. The molecule has 2 heterocycles. The van der Waals surface area contributed by atoms with E-state index in [0.717, 1.165) is 55.2 Å². The molecule has 1 aliphatic heterocycles.